The number of H-pyrrole nitrogens is 1. The second kappa shape index (κ2) is 6.71. The van der Waals surface area contributed by atoms with Gasteiger partial charge in [0.1, 0.15) is 11.9 Å². The number of nitrogens with one attached hydrogen (secondary N) is 1. The largest absolute Gasteiger partial charge is 0.485 e. The van der Waals surface area contributed by atoms with E-state index in [0.29, 0.717) is 12.2 Å². The van der Waals surface area contributed by atoms with Gasteiger partial charge in [-0.2, -0.15) is 5.10 Å². The Bertz CT molecular complexity index is 936. The van der Waals surface area contributed by atoms with Crippen molar-refractivity contribution >= 4 is 22.5 Å². The molecule has 1 aromatic heterocycles. The Hall–Kier alpha value is -3.02. The highest BCUT2D eigenvalue weighted by Crippen LogP contribution is 2.33. The van der Waals surface area contributed by atoms with Gasteiger partial charge in [0.2, 0.25) is 0 Å². The number of carbonyl (C=O) groups excluding carboxylic acids is 1. The van der Waals surface area contributed by atoms with Crippen molar-refractivity contribution in [2.45, 2.75) is 13.0 Å². The zero-order chi connectivity index (χ0) is 18.1. The Kier molecular flexibility index (Phi) is 4.24. The van der Waals surface area contributed by atoms with Crippen LogP contribution in [0.4, 0.5) is 5.69 Å². The van der Waals surface area contributed by atoms with Gasteiger partial charge < -0.3 is 14.5 Å². The smallest absolute Gasteiger partial charge is 0.274 e. The Morgan fingerprint density at radius 2 is 2.04 bits per heavy atom. The first kappa shape index (κ1) is 16.4. The number of aromatic nitrogens is 2. The molecule has 4 rings (SSSR count). The summed E-state index contributed by atoms with van der Waals surface area (Å²) in [5.41, 5.74) is 2.43. The molecule has 0 unspecified atom stereocenters. The SMILES string of the molecule is CCN1C[C@@H](CN(C)C(=O)c2n[nH]c3ccccc23)Oc2ccccc21. The zero-order valence-electron chi connectivity index (χ0n) is 15.0. The number of ether oxygens (including phenoxy) is 1. The molecule has 1 aliphatic rings. The van der Waals surface area contributed by atoms with Crippen LogP contribution >= 0.6 is 0 Å². The van der Waals surface area contributed by atoms with Gasteiger partial charge in [-0.15, -0.1) is 0 Å². The number of anilines is 1. The van der Waals surface area contributed by atoms with Gasteiger partial charge in [-0.05, 0) is 25.1 Å². The molecular weight excluding hydrogens is 328 g/mol. The van der Waals surface area contributed by atoms with Crippen molar-refractivity contribution in [3.63, 3.8) is 0 Å². The van der Waals surface area contributed by atoms with Gasteiger partial charge in [0.25, 0.3) is 5.91 Å². The number of carbonyl (C=O) groups is 1. The summed E-state index contributed by atoms with van der Waals surface area (Å²) in [5.74, 6) is 0.768. The van der Waals surface area contributed by atoms with Gasteiger partial charge in [0, 0.05) is 19.0 Å². The minimum atomic E-state index is -0.104. The van der Waals surface area contributed by atoms with Gasteiger partial charge in [-0.25, -0.2) is 0 Å². The van der Waals surface area contributed by atoms with Crippen molar-refractivity contribution in [1.29, 1.82) is 0 Å². The second-order valence-electron chi connectivity index (χ2n) is 6.55. The molecule has 6 nitrogen and oxygen atoms in total. The van der Waals surface area contributed by atoms with Crippen LogP contribution in [0.3, 0.4) is 0 Å². The highest BCUT2D eigenvalue weighted by molar-refractivity contribution is 6.04. The van der Waals surface area contributed by atoms with Crippen LogP contribution < -0.4 is 9.64 Å². The van der Waals surface area contributed by atoms with Gasteiger partial charge in [-0.3, -0.25) is 9.89 Å². The minimum Gasteiger partial charge on any atom is -0.485 e. The quantitative estimate of drug-likeness (QED) is 0.786. The number of fused-ring (bicyclic) bond motifs is 2. The molecule has 1 atom stereocenters. The van der Waals surface area contributed by atoms with Crippen molar-refractivity contribution in [2.24, 2.45) is 0 Å². The fourth-order valence-corrected chi connectivity index (χ4v) is 3.47. The van der Waals surface area contributed by atoms with Crippen LogP contribution in [-0.4, -0.2) is 53.8 Å². The van der Waals surface area contributed by atoms with Crippen molar-refractivity contribution in [1.82, 2.24) is 15.1 Å². The normalized spacial score (nSPS) is 16.2. The Morgan fingerprint density at radius 1 is 1.27 bits per heavy atom. The number of nitrogens with zero attached hydrogens (tertiary/aromatic N) is 3. The lowest BCUT2D eigenvalue weighted by atomic mass is 10.1. The lowest BCUT2D eigenvalue weighted by Crippen LogP contribution is -2.46. The molecule has 0 radical (unpaired) electrons. The van der Waals surface area contributed by atoms with E-state index < -0.39 is 0 Å². The fourth-order valence-electron chi connectivity index (χ4n) is 3.47. The van der Waals surface area contributed by atoms with Crippen molar-refractivity contribution in [3.05, 3.63) is 54.2 Å². The van der Waals surface area contributed by atoms with E-state index in [2.05, 4.69) is 28.1 Å². The Labute approximate surface area is 152 Å². The molecular formula is C20H22N4O2. The van der Waals surface area contributed by atoms with Crippen LogP contribution in [0.25, 0.3) is 10.9 Å². The highest BCUT2D eigenvalue weighted by Gasteiger charge is 2.28. The molecule has 0 saturated carbocycles. The van der Waals surface area contributed by atoms with E-state index in [1.54, 1.807) is 11.9 Å². The molecule has 1 aliphatic heterocycles. The van der Waals surface area contributed by atoms with Crippen LogP contribution in [0.15, 0.2) is 48.5 Å². The minimum absolute atomic E-state index is 0.0796. The molecule has 6 heteroatoms. The highest BCUT2D eigenvalue weighted by atomic mass is 16.5. The summed E-state index contributed by atoms with van der Waals surface area (Å²) in [7, 11) is 1.80. The van der Waals surface area contributed by atoms with Gasteiger partial charge in [0.15, 0.2) is 5.69 Å². The standard InChI is InChI=1S/C20H22N4O2/c1-3-24-13-14(26-18-11-7-6-10-17(18)24)12-23(2)20(25)19-15-8-4-5-9-16(15)21-22-19/h4-11,14H,3,12-13H2,1-2H3,(H,21,22)/t14-/m1/s1. The third-order valence-corrected chi connectivity index (χ3v) is 4.80. The van der Waals surface area contributed by atoms with Gasteiger partial charge >= 0.3 is 0 Å². The van der Waals surface area contributed by atoms with Crippen molar-refractivity contribution in [3.8, 4) is 5.75 Å². The van der Waals surface area contributed by atoms with E-state index in [9.17, 15) is 4.79 Å². The van der Waals surface area contributed by atoms with Crippen LogP contribution in [-0.2, 0) is 0 Å². The number of rotatable bonds is 4. The number of benzene rings is 2. The maximum Gasteiger partial charge on any atom is 0.274 e. The topological polar surface area (TPSA) is 61.5 Å². The van der Waals surface area contributed by atoms with E-state index in [4.69, 9.17) is 4.74 Å². The summed E-state index contributed by atoms with van der Waals surface area (Å²) in [6.07, 6.45) is -0.0796. The molecule has 3 aromatic rings. The van der Waals surface area contributed by atoms with E-state index in [1.165, 1.54) is 0 Å². The molecule has 1 N–H and O–H groups in total. The molecule has 0 bridgehead atoms. The third-order valence-electron chi connectivity index (χ3n) is 4.80. The van der Waals surface area contributed by atoms with Crippen LogP contribution in [0.1, 0.15) is 17.4 Å². The van der Waals surface area contributed by atoms with Crippen molar-refractivity contribution in [2.75, 3.05) is 31.6 Å². The molecule has 1 amide bonds. The maximum atomic E-state index is 12.9. The molecule has 0 fully saturated rings. The summed E-state index contributed by atoms with van der Waals surface area (Å²) in [5, 5.41) is 7.97. The summed E-state index contributed by atoms with van der Waals surface area (Å²) in [4.78, 5) is 16.8. The summed E-state index contributed by atoms with van der Waals surface area (Å²) in [6, 6.07) is 15.7. The number of hydrogen-bond donors (Lipinski definition) is 1. The Morgan fingerprint density at radius 3 is 2.88 bits per heavy atom. The predicted molar refractivity (Wildman–Crippen MR) is 102 cm³/mol. The molecule has 2 aromatic carbocycles. The number of amides is 1. The first-order chi connectivity index (χ1) is 12.7. The lowest BCUT2D eigenvalue weighted by molar-refractivity contribution is 0.0706. The number of likely N-dealkylation sites (N-methyl/N-ethyl adjacent to an activating group) is 2. The number of aromatic amines is 1. The number of para-hydroxylation sites is 3. The van der Waals surface area contributed by atoms with Gasteiger partial charge in [-0.1, -0.05) is 30.3 Å². The van der Waals surface area contributed by atoms with E-state index in [1.807, 2.05) is 42.5 Å². The van der Waals surface area contributed by atoms with E-state index >= 15 is 0 Å². The Balaban J connectivity index is 1.51. The summed E-state index contributed by atoms with van der Waals surface area (Å²) in [6.45, 7) is 4.29. The molecule has 26 heavy (non-hydrogen) atoms. The summed E-state index contributed by atoms with van der Waals surface area (Å²) < 4.78 is 6.13. The number of hydrogen-bond acceptors (Lipinski definition) is 4. The van der Waals surface area contributed by atoms with Gasteiger partial charge in [0.05, 0.1) is 24.3 Å². The second-order valence-corrected chi connectivity index (χ2v) is 6.55. The lowest BCUT2D eigenvalue weighted by Gasteiger charge is -2.37. The molecule has 134 valence electrons. The molecule has 0 aliphatic carbocycles. The van der Waals surface area contributed by atoms with Crippen LogP contribution in [0.5, 0.6) is 5.75 Å². The van der Waals surface area contributed by atoms with Crippen LogP contribution in [0.2, 0.25) is 0 Å². The first-order valence-electron chi connectivity index (χ1n) is 8.86. The van der Waals surface area contributed by atoms with Crippen LogP contribution in [0, 0.1) is 0 Å². The fraction of sp³-hybridized carbons (Fsp3) is 0.300. The third kappa shape index (κ3) is 2.87. The first-order valence-corrected chi connectivity index (χ1v) is 8.86. The molecule has 2 heterocycles. The average Bonchev–Trinajstić information content (AvgIpc) is 3.10. The summed E-state index contributed by atoms with van der Waals surface area (Å²) >= 11 is 0. The predicted octanol–water partition coefficient (Wildman–Crippen LogP) is 2.92. The average molecular weight is 350 g/mol. The van der Waals surface area contributed by atoms with E-state index in [0.717, 1.165) is 35.4 Å². The maximum absolute atomic E-state index is 12.9. The zero-order valence-corrected chi connectivity index (χ0v) is 15.0. The molecule has 0 spiro atoms. The van der Waals surface area contributed by atoms with E-state index in [-0.39, 0.29) is 12.0 Å². The molecule has 0 saturated heterocycles. The monoisotopic (exact) mass is 350 g/mol. The van der Waals surface area contributed by atoms with Crippen molar-refractivity contribution < 1.29 is 9.53 Å².